The van der Waals surface area contributed by atoms with Crippen LogP contribution in [-0.4, -0.2) is 0 Å². The summed E-state index contributed by atoms with van der Waals surface area (Å²) in [5, 5.41) is 7.58. The molecule has 1 nitrogen and oxygen atoms in total. The summed E-state index contributed by atoms with van der Waals surface area (Å²) >= 11 is 0. The lowest BCUT2D eigenvalue weighted by Gasteiger charge is -2.27. The third-order valence-corrected chi connectivity index (χ3v) is 9.63. The van der Waals surface area contributed by atoms with Gasteiger partial charge < -0.3 is 4.90 Å². The molecule has 0 unspecified atom stereocenters. The number of benzene rings is 9. The van der Waals surface area contributed by atoms with E-state index in [1.807, 2.05) is 0 Å². The molecule has 0 heterocycles. The largest absolute Gasteiger partial charge is 0.310 e. The number of anilines is 3. The highest BCUT2D eigenvalue weighted by Gasteiger charge is 2.17. The summed E-state index contributed by atoms with van der Waals surface area (Å²) in [6, 6.07) is 72.5. The molecule has 0 aliphatic carbocycles. The van der Waals surface area contributed by atoms with Crippen LogP contribution in [0, 0.1) is 0 Å². The van der Waals surface area contributed by atoms with Crippen molar-refractivity contribution < 1.29 is 0 Å². The van der Waals surface area contributed by atoms with Crippen molar-refractivity contribution >= 4 is 49.4 Å². The third kappa shape index (κ3) is 5.42. The Balaban J connectivity index is 1.18. The summed E-state index contributed by atoms with van der Waals surface area (Å²) in [6.45, 7) is 0. The Bertz CT molecular complexity index is 2590. The van der Waals surface area contributed by atoms with Gasteiger partial charge in [-0.3, -0.25) is 0 Å². The lowest BCUT2D eigenvalue weighted by molar-refractivity contribution is 1.28. The van der Waals surface area contributed by atoms with Gasteiger partial charge in [-0.05, 0) is 114 Å². The van der Waals surface area contributed by atoms with Crippen molar-refractivity contribution in [3.05, 3.63) is 200 Å². The van der Waals surface area contributed by atoms with Gasteiger partial charge in [0, 0.05) is 17.1 Å². The first kappa shape index (κ1) is 28.8. The van der Waals surface area contributed by atoms with E-state index in [2.05, 4.69) is 205 Å². The van der Waals surface area contributed by atoms with Crippen molar-refractivity contribution in [1.29, 1.82) is 0 Å². The smallest absolute Gasteiger partial charge is 0.0468 e. The average molecular weight is 624 g/mol. The zero-order chi connectivity index (χ0) is 32.6. The van der Waals surface area contributed by atoms with Gasteiger partial charge in [0.15, 0.2) is 0 Å². The van der Waals surface area contributed by atoms with Crippen LogP contribution < -0.4 is 4.90 Å². The van der Waals surface area contributed by atoms with E-state index in [0.717, 1.165) is 17.1 Å². The molecule has 0 N–H and O–H groups in total. The number of hydrogen-bond donors (Lipinski definition) is 0. The third-order valence-electron chi connectivity index (χ3n) is 9.63. The van der Waals surface area contributed by atoms with Crippen LogP contribution in [0.5, 0.6) is 0 Å². The van der Waals surface area contributed by atoms with Gasteiger partial charge in [-0.2, -0.15) is 0 Å². The van der Waals surface area contributed by atoms with Crippen LogP contribution in [-0.2, 0) is 0 Å². The van der Waals surface area contributed by atoms with E-state index in [0.29, 0.717) is 0 Å². The van der Waals surface area contributed by atoms with Gasteiger partial charge in [0.2, 0.25) is 0 Å². The molecule has 0 aliphatic rings. The van der Waals surface area contributed by atoms with Crippen molar-refractivity contribution in [3.8, 4) is 33.4 Å². The molecular weight excluding hydrogens is 591 g/mol. The Labute approximate surface area is 287 Å². The molecule has 0 saturated carbocycles. The number of para-hydroxylation sites is 1. The molecule has 9 aromatic rings. The first-order valence-electron chi connectivity index (χ1n) is 16.8. The standard InChI is InChI=1S/C48H33N/c1-3-12-36(13-4-1)48-33-44(29-30-46(48)41-24-22-38-21-20-37-14-9-10-18-45(37)47(38)32-41)49(42-16-5-2-6-17-42)43-27-25-35(26-28-43)40-23-19-34-11-7-8-15-39(34)31-40/h1-33H. The summed E-state index contributed by atoms with van der Waals surface area (Å²) in [5.41, 5.74) is 10.6. The molecule has 0 atom stereocenters. The van der Waals surface area contributed by atoms with Crippen molar-refractivity contribution in [3.63, 3.8) is 0 Å². The minimum atomic E-state index is 1.11. The summed E-state index contributed by atoms with van der Waals surface area (Å²) in [7, 11) is 0. The number of hydrogen-bond acceptors (Lipinski definition) is 1. The molecule has 49 heavy (non-hydrogen) atoms. The van der Waals surface area contributed by atoms with Crippen LogP contribution in [0.2, 0.25) is 0 Å². The molecule has 0 saturated heterocycles. The van der Waals surface area contributed by atoms with Crippen molar-refractivity contribution in [1.82, 2.24) is 0 Å². The van der Waals surface area contributed by atoms with E-state index >= 15 is 0 Å². The maximum atomic E-state index is 2.36. The Morgan fingerprint density at radius 1 is 0.245 bits per heavy atom. The highest BCUT2D eigenvalue weighted by molar-refractivity contribution is 6.09. The maximum Gasteiger partial charge on any atom is 0.0468 e. The molecule has 0 radical (unpaired) electrons. The fraction of sp³-hybridized carbons (Fsp3) is 0. The first-order chi connectivity index (χ1) is 24.3. The van der Waals surface area contributed by atoms with E-state index in [4.69, 9.17) is 0 Å². The Hall–Kier alpha value is -6.44. The van der Waals surface area contributed by atoms with E-state index in [1.54, 1.807) is 0 Å². The Morgan fingerprint density at radius 3 is 1.59 bits per heavy atom. The van der Waals surface area contributed by atoms with Crippen LogP contribution in [0.25, 0.3) is 65.7 Å². The summed E-state index contributed by atoms with van der Waals surface area (Å²) < 4.78 is 0. The highest BCUT2D eigenvalue weighted by Crippen LogP contribution is 2.42. The van der Waals surface area contributed by atoms with Gasteiger partial charge in [0.05, 0.1) is 0 Å². The molecular formula is C48H33N. The highest BCUT2D eigenvalue weighted by atomic mass is 15.1. The summed E-state index contributed by atoms with van der Waals surface area (Å²) in [5.74, 6) is 0. The quantitative estimate of drug-likeness (QED) is 0.167. The second-order valence-corrected chi connectivity index (χ2v) is 12.6. The summed E-state index contributed by atoms with van der Waals surface area (Å²) in [4.78, 5) is 2.36. The second kappa shape index (κ2) is 12.3. The topological polar surface area (TPSA) is 3.24 Å². The van der Waals surface area contributed by atoms with Crippen LogP contribution in [0.3, 0.4) is 0 Å². The minimum absolute atomic E-state index is 1.11. The van der Waals surface area contributed by atoms with Gasteiger partial charge in [-0.1, -0.05) is 152 Å². The maximum absolute atomic E-state index is 2.36. The van der Waals surface area contributed by atoms with E-state index < -0.39 is 0 Å². The molecule has 0 spiro atoms. The molecule has 9 rings (SSSR count). The van der Waals surface area contributed by atoms with Crippen molar-refractivity contribution in [2.45, 2.75) is 0 Å². The zero-order valence-electron chi connectivity index (χ0n) is 27.0. The average Bonchev–Trinajstić information content (AvgIpc) is 3.18. The van der Waals surface area contributed by atoms with Crippen LogP contribution in [0.4, 0.5) is 17.1 Å². The fourth-order valence-electron chi connectivity index (χ4n) is 7.15. The molecule has 0 amide bonds. The molecule has 0 aromatic heterocycles. The number of nitrogens with zero attached hydrogens (tertiary/aromatic N) is 1. The van der Waals surface area contributed by atoms with Crippen molar-refractivity contribution in [2.24, 2.45) is 0 Å². The molecule has 1 heteroatoms. The normalized spacial score (nSPS) is 11.3. The molecule has 0 bridgehead atoms. The lowest BCUT2D eigenvalue weighted by Crippen LogP contribution is -2.10. The lowest BCUT2D eigenvalue weighted by atomic mass is 9.91. The van der Waals surface area contributed by atoms with Gasteiger partial charge in [-0.15, -0.1) is 0 Å². The van der Waals surface area contributed by atoms with Gasteiger partial charge >= 0.3 is 0 Å². The monoisotopic (exact) mass is 623 g/mol. The molecule has 9 aromatic carbocycles. The van der Waals surface area contributed by atoms with E-state index in [1.165, 1.54) is 65.7 Å². The zero-order valence-corrected chi connectivity index (χ0v) is 27.0. The summed E-state index contributed by atoms with van der Waals surface area (Å²) in [6.07, 6.45) is 0. The van der Waals surface area contributed by atoms with Crippen molar-refractivity contribution in [2.75, 3.05) is 4.90 Å². The number of rotatable bonds is 6. The van der Waals surface area contributed by atoms with E-state index in [9.17, 15) is 0 Å². The number of fused-ring (bicyclic) bond motifs is 4. The van der Waals surface area contributed by atoms with Gasteiger partial charge in [0.25, 0.3) is 0 Å². The van der Waals surface area contributed by atoms with E-state index in [-0.39, 0.29) is 0 Å². The van der Waals surface area contributed by atoms with Crippen LogP contribution in [0.1, 0.15) is 0 Å². The second-order valence-electron chi connectivity index (χ2n) is 12.6. The van der Waals surface area contributed by atoms with Gasteiger partial charge in [0.1, 0.15) is 0 Å². The van der Waals surface area contributed by atoms with Crippen LogP contribution in [0.15, 0.2) is 200 Å². The Kier molecular flexibility index (Phi) is 7.22. The molecule has 0 aliphatic heterocycles. The van der Waals surface area contributed by atoms with Gasteiger partial charge in [-0.25, -0.2) is 0 Å². The molecule has 230 valence electrons. The van der Waals surface area contributed by atoms with Crippen LogP contribution >= 0.6 is 0 Å². The molecule has 0 fully saturated rings. The predicted octanol–water partition coefficient (Wildman–Crippen LogP) is 13.6. The SMILES string of the molecule is c1ccc(-c2cc(N(c3ccccc3)c3ccc(-c4ccc5ccccc5c4)cc3)ccc2-c2ccc3ccc4ccccc4c3c2)cc1. The predicted molar refractivity (Wildman–Crippen MR) is 210 cm³/mol. The fourth-order valence-corrected chi connectivity index (χ4v) is 7.15. The first-order valence-corrected chi connectivity index (χ1v) is 16.8. The Morgan fingerprint density at radius 2 is 0.796 bits per heavy atom. The minimum Gasteiger partial charge on any atom is -0.310 e.